The Labute approximate surface area is 142 Å². The molecule has 0 amide bonds. The molecule has 2 heterocycles. The molecule has 0 fully saturated rings. The van der Waals surface area contributed by atoms with Crippen LogP contribution >= 0.6 is 34.5 Å². The molecule has 0 radical (unpaired) electrons. The van der Waals surface area contributed by atoms with Crippen molar-refractivity contribution in [3.63, 3.8) is 0 Å². The highest BCUT2D eigenvalue weighted by molar-refractivity contribution is 7.14. The van der Waals surface area contributed by atoms with Crippen molar-refractivity contribution in [2.75, 3.05) is 0 Å². The number of hydrogen-bond donors (Lipinski definition) is 0. The van der Waals surface area contributed by atoms with E-state index >= 15 is 0 Å². The van der Waals surface area contributed by atoms with Gasteiger partial charge in [0.2, 0.25) is 0 Å². The second kappa shape index (κ2) is 6.57. The summed E-state index contributed by atoms with van der Waals surface area (Å²) in [6, 6.07) is 7.40. The molecule has 0 N–H and O–H groups in total. The lowest BCUT2D eigenvalue weighted by Gasteiger charge is -2.14. The maximum atomic E-state index is 6.11. The summed E-state index contributed by atoms with van der Waals surface area (Å²) in [6.45, 7) is 4.49. The minimum absolute atomic E-state index is 0.397. The summed E-state index contributed by atoms with van der Waals surface area (Å²) in [5, 5.41) is 2.56. The van der Waals surface area contributed by atoms with Crippen molar-refractivity contribution in [3.8, 4) is 5.75 Å². The molecule has 3 rings (SSSR count). The van der Waals surface area contributed by atoms with Crippen molar-refractivity contribution in [3.05, 3.63) is 75.4 Å². The second-order valence-electron chi connectivity index (χ2n) is 4.57. The van der Waals surface area contributed by atoms with E-state index in [0.717, 1.165) is 21.2 Å². The smallest absolute Gasteiger partial charge is 0.129 e. The molecule has 22 heavy (non-hydrogen) atoms. The Kier molecular flexibility index (Phi) is 4.52. The van der Waals surface area contributed by atoms with E-state index in [9.17, 15) is 0 Å². The van der Waals surface area contributed by atoms with Gasteiger partial charge < -0.3 is 9.30 Å². The molecule has 3 nitrogen and oxygen atoms in total. The molecule has 0 atom stereocenters. The zero-order valence-electron chi connectivity index (χ0n) is 11.5. The lowest BCUT2D eigenvalue weighted by molar-refractivity contribution is 0.306. The van der Waals surface area contributed by atoms with E-state index in [-0.39, 0.29) is 0 Å². The first-order valence-electron chi connectivity index (χ1n) is 6.47. The summed E-state index contributed by atoms with van der Waals surface area (Å²) in [5.74, 6) is 0.699. The number of ether oxygens (including phenoxy) is 1. The van der Waals surface area contributed by atoms with E-state index in [1.165, 1.54) is 11.3 Å². The predicted molar refractivity (Wildman–Crippen MR) is 91.8 cm³/mol. The van der Waals surface area contributed by atoms with Gasteiger partial charge in [-0.15, -0.1) is 11.3 Å². The maximum Gasteiger partial charge on any atom is 0.129 e. The van der Waals surface area contributed by atoms with Gasteiger partial charge in [0.1, 0.15) is 12.4 Å². The van der Waals surface area contributed by atoms with Crippen LogP contribution in [0.1, 0.15) is 11.1 Å². The quantitative estimate of drug-likeness (QED) is 0.620. The third-order valence-corrected chi connectivity index (χ3v) is 4.63. The van der Waals surface area contributed by atoms with Crippen molar-refractivity contribution < 1.29 is 4.74 Å². The zero-order chi connectivity index (χ0) is 15.5. The molecule has 0 bridgehead atoms. The predicted octanol–water partition coefficient (Wildman–Crippen LogP) is 5.35. The first kappa shape index (κ1) is 15.2. The molecule has 0 aliphatic rings. The fourth-order valence-corrected chi connectivity index (χ4v) is 3.06. The molecular weight excluding hydrogens is 339 g/mol. The van der Waals surface area contributed by atoms with Crippen LogP contribution in [0.15, 0.2) is 54.9 Å². The van der Waals surface area contributed by atoms with Crippen LogP contribution in [0, 0.1) is 0 Å². The highest BCUT2D eigenvalue weighted by Gasteiger charge is 2.11. The Hall–Kier alpha value is -1.75. The number of aromatic nitrogens is 2. The molecule has 0 aliphatic heterocycles. The Morgan fingerprint density at radius 1 is 1.32 bits per heavy atom. The summed E-state index contributed by atoms with van der Waals surface area (Å²) in [6.07, 6.45) is 5.20. The van der Waals surface area contributed by atoms with Crippen molar-refractivity contribution >= 4 is 40.2 Å². The molecular formula is C16H12Cl2N2OS. The number of hydrogen-bond acceptors (Lipinski definition) is 3. The van der Waals surface area contributed by atoms with Gasteiger partial charge in [0.25, 0.3) is 0 Å². The van der Waals surface area contributed by atoms with E-state index < -0.39 is 0 Å². The SMILES string of the molecule is C=C(c1cc(Cl)ccc1OCc1ccsc1Cl)n1ccnc1. The van der Waals surface area contributed by atoms with Crippen LogP contribution in [0.25, 0.3) is 5.70 Å². The van der Waals surface area contributed by atoms with Crippen LogP contribution in [-0.2, 0) is 6.61 Å². The molecule has 3 aromatic rings. The van der Waals surface area contributed by atoms with Crippen LogP contribution < -0.4 is 4.74 Å². The van der Waals surface area contributed by atoms with Gasteiger partial charge >= 0.3 is 0 Å². The van der Waals surface area contributed by atoms with Gasteiger partial charge in [-0.25, -0.2) is 4.98 Å². The fourth-order valence-electron chi connectivity index (χ4n) is 1.99. The topological polar surface area (TPSA) is 27.1 Å². The monoisotopic (exact) mass is 350 g/mol. The molecule has 1 aromatic carbocycles. The molecule has 0 saturated heterocycles. The number of halogens is 2. The van der Waals surface area contributed by atoms with Gasteiger partial charge in [-0.2, -0.15) is 0 Å². The normalized spacial score (nSPS) is 10.6. The minimum Gasteiger partial charge on any atom is -0.488 e. The first-order valence-corrected chi connectivity index (χ1v) is 8.10. The largest absolute Gasteiger partial charge is 0.488 e. The summed E-state index contributed by atoms with van der Waals surface area (Å²) in [4.78, 5) is 4.03. The van der Waals surface area contributed by atoms with E-state index in [1.807, 2.05) is 34.3 Å². The van der Waals surface area contributed by atoms with Gasteiger partial charge in [0.15, 0.2) is 0 Å². The Morgan fingerprint density at radius 2 is 2.18 bits per heavy atom. The molecule has 2 aromatic heterocycles. The third kappa shape index (κ3) is 3.19. The molecule has 0 saturated carbocycles. The van der Waals surface area contributed by atoms with Crippen LogP contribution in [0.3, 0.4) is 0 Å². The second-order valence-corrected chi connectivity index (χ2v) is 6.52. The van der Waals surface area contributed by atoms with Crippen molar-refractivity contribution in [2.45, 2.75) is 6.61 Å². The number of rotatable bonds is 5. The van der Waals surface area contributed by atoms with Crippen molar-refractivity contribution in [2.24, 2.45) is 0 Å². The van der Waals surface area contributed by atoms with Gasteiger partial charge in [0.05, 0.1) is 16.4 Å². The minimum atomic E-state index is 0.397. The average Bonchev–Trinajstić information content (AvgIpc) is 3.17. The summed E-state index contributed by atoms with van der Waals surface area (Å²) >= 11 is 13.7. The molecule has 112 valence electrons. The number of nitrogens with zero attached hydrogens (tertiary/aromatic N) is 2. The molecule has 6 heteroatoms. The van der Waals surface area contributed by atoms with Crippen LogP contribution in [0.5, 0.6) is 5.75 Å². The summed E-state index contributed by atoms with van der Waals surface area (Å²) < 4.78 is 8.46. The number of imidazole rings is 1. The van der Waals surface area contributed by atoms with E-state index in [2.05, 4.69) is 11.6 Å². The van der Waals surface area contributed by atoms with Crippen LogP contribution in [0.2, 0.25) is 9.36 Å². The zero-order valence-corrected chi connectivity index (χ0v) is 13.8. The highest BCUT2D eigenvalue weighted by Crippen LogP contribution is 2.31. The lowest BCUT2D eigenvalue weighted by Crippen LogP contribution is -2.01. The highest BCUT2D eigenvalue weighted by atomic mass is 35.5. The van der Waals surface area contributed by atoms with E-state index in [0.29, 0.717) is 17.4 Å². The lowest BCUT2D eigenvalue weighted by atomic mass is 10.1. The van der Waals surface area contributed by atoms with Crippen LogP contribution in [0.4, 0.5) is 0 Å². The van der Waals surface area contributed by atoms with Gasteiger partial charge in [0, 0.05) is 28.5 Å². The fraction of sp³-hybridized carbons (Fsp3) is 0.0625. The van der Waals surface area contributed by atoms with Gasteiger partial charge in [-0.05, 0) is 29.6 Å². The maximum absolute atomic E-state index is 6.11. The number of thiophene rings is 1. The standard InChI is InChI=1S/C16H12Cl2N2OS/c1-11(20-6-5-19-10-20)14-8-13(17)2-3-15(14)21-9-12-4-7-22-16(12)18/h2-8,10H,1,9H2. The average molecular weight is 351 g/mol. The first-order chi connectivity index (χ1) is 10.6. The molecule has 0 aliphatic carbocycles. The third-order valence-electron chi connectivity index (χ3n) is 3.14. The molecule has 0 spiro atoms. The van der Waals surface area contributed by atoms with Crippen molar-refractivity contribution in [1.29, 1.82) is 0 Å². The Balaban J connectivity index is 1.88. The van der Waals surface area contributed by atoms with Crippen LogP contribution in [-0.4, -0.2) is 9.55 Å². The van der Waals surface area contributed by atoms with E-state index in [1.54, 1.807) is 18.6 Å². The van der Waals surface area contributed by atoms with Gasteiger partial charge in [-0.3, -0.25) is 0 Å². The Bertz CT molecular complexity index is 796. The van der Waals surface area contributed by atoms with Gasteiger partial charge in [-0.1, -0.05) is 29.8 Å². The summed E-state index contributed by atoms with van der Waals surface area (Å²) in [5.41, 5.74) is 2.52. The number of benzene rings is 1. The Morgan fingerprint density at radius 3 is 2.86 bits per heavy atom. The molecule has 0 unspecified atom stereocenters. The van der Waals surface area contributed by atoms with E-state index in [4.69, 9.17) is 27.9 Å². The van der Waals surface area contributed by atoms with Crippen molar-refractivity contribution in [1.82, 2.24) is 9.55 Å². The summed E-state index contributed by atoms with van der Waals surface area (Å²) in [7, 11) is 0.